The summed E-state index contributed by atoms with van der Waals surface area (Å²) in [6.45, 7) is 4.33. The van der Waals surface area contributed by atoms with Gasteiger partial charge in [-0.2, -0.15) is 0 Å². The zero-order valence-corrected chi connectivity index (χ0v) is 11.9. The molecule has 0 aliphatic heterocycles. The van der Waals surface area contributed by atoms with Crippen LogP contribution in [0.1, 0.15) is 26.8 Å². The van der Waals surface area contributed by atoms with Gasteiger partial charge in [0.25, 0.3) is 0 Å². The highest BCUT2D eigenvalue weighted by Gasteiger charge is 2.11. The van der Waals surface area contributed by atoms with Gasteiger partial charge in [0.1, 0.15) is 5.82 Å². The second kappa shape index (κ2) is 5.36. The largest absolute Gasteiger partial charge is 0.478 e. The van der Waals surface area contributed by atoms with E-state index in [0.717, 1.165) is 16.5 Å². The topological polar surface area (TPSA) is 66.3 Å². The Bertz CT molecular complexity index is 610. The summed E-state index contributed by atoms with van der Waals surface area (Å²) in [5.41, 5.74) is 1.75. The minimum absolute atomic E-state index is 0.238. The molecule has 1 N–H and O–H groups in total. The predicted octanol–water partition coefficient (Wildman–Crippen LogP) is 2.49. The standard InChI is InChI=1S/C13H15N3O2S/c1-8-11(13(17)18)4-5-12(14-8)16(3)6-10-7-19-9(2)15-10/h4-5,7H,6H2,1-3H3,(H,17,18). The number of aromatic carboxylic acids is 1. The average Bonchev–Trinajstić information content (AvgIpc) is 2.74. The first-order valence-corrected chi connectivity index (χ1v) is 6.68. The van der Waals surface area contributed by atoms with E-state index in [1.54, 1.807) is 30.4 Å². The number of aromatic nitrogens is 2. The summed E-state index contributed by atoms with van der Waals surface area (Å²) in [5.74, 6) is -0.206. The highest BCUT2D eigenvalue weighted by molar-refractivity contribution is 7.09. The van der Waals surface area contributed by atoms with Gasteiger partial charge in [-0.05, 0) is 26.0 Å². The number of nitrogens with zero attached hydrogens (tertiary/aromatic N) is 3. The van der Waals surface area contributed by atoms with Crippen LogP contribution < -0.4 is 4.90 Å². The summed E-state index contributed by atoms with van der Waals surface area (Å²) >= 11 is 1.62. The number of hydrogen-bond donors (Lipinski definition) is 1. The number of rotatable bonds is 4. The third-order valence-corrected chi connectivity index (χ3v) is 3.58. The predicted molar refractivity (Wildman–Crippen MR) is 74.9 cm³/mol. The summed E-state index contributed by atoms with van der Waals surface area (Å²) in [6, 6.07) is 3.30. The summed E-state index contributed by atoms with van der Waals surface area (Å²) < 4.78 is 0. The van der Waals surface area contributed by atoms with Crippen molar-refractivity contribution < 1.29 is 9.90 Å². The van der Waals surface area contributed by atoms with Gasteiger partial charge in [0.15, 0.2) is 0 Å². The van der Waals surface area contributed by atoms with Crippen molar-refractivity contribution in [3.8, 4) is 0 Å². The van der Waals surface area contributed by atoms with Gasteiger partial charge in [0.2, 0.25) is 0 Å². The number of hydrogen-bond acceptors (Lipinski definition) is 5. The first kappa shape index (κ1) is 13.5. The molecule has 0 amide bonds. The van der Waals surface area contributed by atoms with Crippen molar-refractivity contribution in [3.05, 3.63) is 39.5 Å². The SMILES string of the molecule is Cc1nc(CN(C)c2ccc(C(=O)O)c(C)n2)cs1. The molecule has 2 aromatic heterocycles. The van der Waals surface area contributed by atoms with Crippen LogP contribution in [-0.4, -0.2) is 28.1 Å². The lowest BCUT2D eigenvalue weighted by Crippen LogP contribution is -2.18. The van der Waals surface area contributed by atoms with Crippen molar-refractivity contribution in [3.63, 3.8) is 0 Å². The maximum atomic E-state index is 10.9. The lowest BCUT2D eigenvalue weighted by atomic mass is 10.2. The molecular formula is C13H15N3O2S. The molecule has 2 rings (SSSR count). The Hall–Kier alpha value is -1.95. The van der Waals surface area contributed by atoms with Crippen LogP contribution in [0.3, 0.4) is 0 Å². The molecule has 2 aromatic rings. The van der Waals surface area contributed by atoms with E-state index in [2.05, 4.69) is 9.97 Å². The van der Waals surface area contributed by atoms with Crippen molar-refractivity contribution in [1.29, 1.82) is 0 Å². The highest BCUT2D eigenvalue weighted by Crippen LogP contribution is 2.17. The Labute approximate surface area is 115 Å². The van der Waals surface area contributed by atoms with Crippen molar-refractivity contribution in [2.24, 2.45) is 0 Å². The van der Waals surface area contributed by atoms with Crippen LogP contribution in [0.25, 0.3) is 0 Å². The van der Waals surface area contributed by atoms with Gasteiger partial charge in [0.05, 0.1) is 28.5 Å². The van der Waals surface area contributed by atoms with E-state index < -0.39 is 5.97 Å². The Kier molecular flexibility index (Phi) is 3.80. The van der Waals surface area contributed by atoms with Gasteiger partial charge < -0.3 is 10.0 Å². The number of aryl methyl sites for hydroxylation is 2. The van der Waals surface area contributed by atoms with Crippen LogP contribution in [0, 0.1) is 13.8 Å². The third-order valence-electron chi connectivity index (χ3n) is 2.76. The van der Waals surface area contributed by atoms with Crippen LogP contribution in [-0.2, 0) is 6.54 Å². The first-order valence-electron chi connectivity index (χ1n) is 5.80. The van der Waals surface area contributed by atoms with E-state index >= 15 is 0 Å². The molecule has 0 saturated carbocycles. The fourth-order valence-corrected chi connectivity index (χ4v) is 2.40. The van der Waals surface area contributed by atoms with E-state index in [4.69, 9.17) is 5.11 Å². The Balaban J connectivity index is 2.17. The molecule has 0 atom stereocenters. The number of carboxylic acids is 1. The lowest BCUT2D eigenvalue weighted by molar-refractivity contribution is 0.0695. The zero-order valence-electron chi connectivity index (χ0n) is 11.0. The Morgan fingerprint density at radius 1 is 1.37 bits per heavy atom. The molecule has 0 radical (unpaired) electrons. The van der Waals surface area contributed by atoms with Gasteiger partial charge >= 0.3 is 5.97 Å². The van der Waals surface area contributed by atoms with Crippen LogP contribution in [0.4, 0.5) is 5.82 Å². The molecule has 5 nitrogen and oxygen atoms in total. The van der Waals surface area contributed by atoms with Crippen molar-refractivity contribution >= 4 is 23.1 Å². The number of thiazole rings is 1. The highest BCUT2D eigenvalue weighted by atomic mass is 32.1. The number of carbonyl (C=O) groups is 1. The summed E-state index contributed by atoms with van der Waals surface area (Å²) in [4.78, 5) is 21.6. The fraction of sp³-hybridized carbons (Fsp3) is 0.308. The molecule has 2 heterocycles. The normalized spacial score (nSPS) is 10.5. The third kappa shape index (κ3) is 3.08. The smallest absolute Gasteiger partial charge is 0.337 e. The Morgan fingerprint density at radius 3 is 2.63 bits per heavy atom. The fourth-order valence-electron chi connectivity index (χ4n) is 1.79. The molecule has 0 bridgehead atoms. The quantitative estimate of drug-likeness (QED) is 0.930. The molecule has 100 valence electrons. The molecule has 0 aliphatic carbocycles. The average molecular weight is 277 g/mol. The van der Waals surface area contributed by atoms with Gasteiger partial charge in [-0.15, -0.1) is 11.3 Å². The van der Waals surface area contributed by atoms with Crippen molar-refractivity contribution in [2.75, 3.05) is 11.9 Å². The number of carboxylic acid groups (broad SMARTS) is 1. The molecule has 0 spiro atoms. The minimum Gasteiger partial charge on any atom is -0.478 e. The lowest BCUT2D eigenvalue weighted by Gasteiger charge is -2.17. The second-order valence-electron chi connectivity index (χ2n) is 4.32. The summed E-state index contributed by atoms with van der Waals surface area (Å²) in [6.07, 6.45) is 0. The molecule has 0 aromatic carbocycles. The van der Waals surface area contributed by atoms with E-state index in [-0.39, 0.29) is 5.56 Å². The second-order valence-corrected chi connectivity index (χ2v) is 5.38. The minimum atomic E-state index is -0.950. The van der Waals surface area contributed by atoms with Crippen molar-refractivity contribution in [2.45, 2.75) is 20.4 Å². The van der Waals surface area contributed by atoms with E-state index in [9.17, 15) is 4.79 Å². The monoisotopic (exact) mass is 277 g/mol. The summed E-state index contributed by atoms with van der Waals surface area (Å²) in [5, 5.41) is 12.0. The molecule has 0 aliphatic rings. The maximum Gasteiger partial charge on any atom is 0.337 e. The van der Waals surface area contributed by atoms with Gasteiger partial charge in [-0.1, -0.05) is 0 Å². The Morgan fingerprint density at radius 2 is 2.11 bits per heavy atom. The maximum absolute atomic E-state index is 10.9. The molecule has 6 heteroatoms. The van der Waals surface area contributed by atoms with Crippen LogP contribution in [0.2, 0.25) is 0 Å². The van der Waals surface area contributed by atoms with Crippen molar-refractivity contribution in [1.82, 2.24) is 9.97 Å². The summed E-state index contributed by atoms with van der Waals surface area (Å²) in [7, 11) is 1.91. The molecule has 0 saturated heterocycles. The van der Waals surface area contributed by atoms with Crippen LogP contribution in [0.5, 0.6) is 0 Å². The number of pyridine rings is 1. The van der Waals surface area contributed by atoms with Crippen LogP contribution >= 0.6 is 11.3 Å². The zero-order chi connectivity index (χ0) is 14.0. The van der Waals surface area contributed by atoms with E-state index in [1.165, 1.54) is 0 Å². The molecule has 0 fully saturated rings. The van der Waals surface area contributed by atoms with Gasteiger partial charge in [-0.25, -0.2) is 14.8 Å². The van der Waals surface area contributed by atoms with E-state index in [0.29, 0.717) is 12.2 Å². The van der Waals surface area contributed by atoms with E-state index in [1.807, 2.05) is 24.3 Å². The first-order chi connectivity index (χ1) is 8.97. The molecule has 0 unspecified atom stereocenters. The van der Waals surface area contributed by atoms with Crippen LogP contribution in [0.15, 0.2) is 17.5 Å². The molecule has 19 heavy (non-hydrogen) atoms. The number of anilines is 1. The van der Waals surface area contributed by atoms with Gasteiger partial charge in [-0.3, -0.25) is 0 Å². The molecular weight excluding hydrogens is 262 g/mol. The van der Waals surface area contributed by atoms with Gasteiger partial charge in [0, 0.05) is 12.4 Å².